The molecule has 2 aromatic rings. The van der Waals surface area contributed by atoms with E-state index >= 15 is 0 Å². The average molecular weight is 416 g/mol. The van der Waals surface area contributed by atoms with E-state index in [9.17, 15) is 14.4 Å². The molecule has 2 aromatic carbocycles. The van der Waals surface area contributed by atoms with Crippen molar-refractivity contribution < 1.29 is 19.1 Å². The molecule has 0 atom stereocenters. The Balaban J connectivity index is 1.75. The zero-order valence-corrected chi connectivity index (χ0v) is 16.8. The maximum absolute atomic E-state index is 12.9. The second-order valence-corrected chi connectivity index (χ2v) is 6.97. The van der Waals surface area contributed by atoms with Crippen LogP contribution in [0.2, 0.25) is 5.02 Å². The number of amides is 3. The summed E-state index contributed by atoms with van der Waals surface area (Å²) in [6.45, 7) is 2.81. The number of rotatable bonds is 7. The van der Waals surface area contributed by atoms with Crippen LogP contribution in [0.15, 0.2) is 42.5 Å². The molecule has 0 aliphatic carbocycles. The number of anilines is 2. The van der Waals surface area contributed by atoms with E-state index in [0.29, 0.717) is 47.2 Å². The quantitative estimate of drug-likeness (QED) is 0.726. The summed E-state index contributed by atoms with van der Waals surface area (Å²) in [5.74, 6) is -0.151. The Kier molecular flexibility index (Phi) is 6.72. The van der Waals surface area contributed by atoms with Crippen molar-refractivity contribution in [3.8, 4) is 5.75 Å². The van der Waals surface area contributed by atoms with Crippen molar-refractivity contribution in [2.24, 2.45) is 0 Å². The van der Waals surface area contributed by atoms with E-state index in [0.717, 1.165) is 6.42 Å². The topological polar surface area (TPSA) is 87.7 Å². The van der Waals surface area contributed by atoms with Crippen LogP contribution in [-0.4, -0.2) is 37.4 Å². The van der Waals surface area contributed by atoms with Crippen molar-refractivity contribution >= 4 is 40.7 Å². The fourth-order valence-electron chi connectivity index (χ4n) is 3.08. The van der Waals surface area contributed by atoms with Gasteiger partial charge in [0, 0.05) is 36.3 Å². The van der Waals surface area contributed by atoms with Gasteiger partial charge in [-0.05, 0) is 43.7 Å². The van der Waals surface area contributed by atoms with Gasteiger partial charge in [0.15, 0.2) is 6.61 Å². The van der Waals surface area contributed by atoms with Gasteiger partial charge in [-0.15, -0.1) is 0 Å². The molecule has 0 aromatic heterocycles. The third-order valence-corrected chi connectivity index (χ3v) is 4.64. The summed E-state index contributed by atoms with van der Waals surface area (Å²) >= 11 is 6.09. The largest absolute Gasteiger partial charge is 0.484 e. The lowest BCUT2D eigenvalue weighted by atomic mass is 10.1. The average Bonchev–Trinajstić information content (AvgIpc) is 3.12. The zero-order valence-electron chi connectivity index (χ0n) is 16.0. The lowest BCUT2D eigenvalue weighted by Crippen LogP contribution is -2.28. The number of likely N-dealkylation sites (N-methyl/N-ethyl adjacent to an activating group) is 1. The van der Waals surface area contributed by atoms with Gasteiger partial charge in [0.1, 0.15) is 5.75 Å². The molecular weight excluding hydrogens is 394 g/mol. The van der Waals surface area contributed by atoms with Crippen LogP contribution in [0.1, 0.15) is 30.1 Å². The molecule has 1 fully saturated rings. The summed E-state index contributed by atoms with van der Waals surface area (Å²) in [4.78, 5) is 38.1. The molecule has 2 N–H and O–H groups in total. The van der Waals surface area contributed by atoms with Crippen LogP contribution in [0.4, 0.5) is 11.4 Å². The summed E-state index contributed by atoms with van der Waals surface area (Å²) in [5.41, 5.74) is 1.37. The molecule has 1 heterocycles. The van der Waals surface area contributed by atoms with Crippen molar-refractivity contribution in [3.63, 3.8) is 0 Å². The van der Waals surface area contributed by atoms with Crippen LogP contribution in [0, 0.1) is 0 Å². The predicted octanol–water partition coefficient (Wildman–Crippen LogP) is 3.23. The smallest absolute Gasteiger partial charge is 0.257 e. The van der Waals surface area contributed by atoms with Crippen LogP contribution in [-0.2, 0) is 9.59 Å². The highest BCUT2D eigenvalue weighted by Gasteiger charge is 2.26. The lowest BCUT2D eigenvalue weighted by molar-refractivity contribution is -0.123. The van der Waals surface area contributed by atoms with Gasteiger partial charge in [-0.25, -0.2) is 0 Å². The molecule has 0 spiro atoms. The molecule has 1 aliphatic rings. The maximum Gasteiger partial charge on any atom is 0.257 e. The Morgan fingerprint density at radius 2 is 2.03 bits per heavy atom. The third-order valence-electron chi connectivity index (χ3n) is 4.40. The van der Waals surface area contributed by atoms with Crippen molar-refractivity contribution in [1.29, 1.82) is 0 Å². The summed E-state index contributed by atoms with van der Waals surface area (Å²) in [6.07, 6.45) is 1.20. The SMILES string of the molecule is CCNC(=O)COc1cccc(NC(=O)c2ccc(Cl)cc2N2CCCC2=O)c1. The van der Waals surface area contributed by atoms with Gasteiger partial charge in [0.05, 0.1) is 11.3 Å². The Morgan fingerprint density at radius 1 is 1.21 bits per heavy atom. The highest BCUT2D eigenvalue weighted by molar-refractivity contribution is 6.31. The number of nitrogens with one attached hydrogen (secondary N) is 2. The molecule has 152 valence electrons. The first-order chi connectivity index (χ1) is 14.0. The van der Waals surface area contributed by atoms with E-state index in [-0.39, 0.29) is 24.3 Å². The summed E-state index contributed by atoms with van der Waals surface area (Å²) in [7, 11) is 0. The molecule has 1 saturated heterocycles. The molecule has 0 bridgehead atoms. The third kappa shape index (κ3) is 5.26. The van der Waals surface area contributed by atoms with E-state index in [4.69, 9.17) is 16.3 Å². The van der Waals surface area contributed by atoms with Crippen molar-refractivity contribution in [2.45, 2.75) is 19.8 Å². The number of hydrogen-bond donors (Lipinski definition) is 2. The fraction of sp³-hybridized carbons (Fsp3) is 0.286. The van der Waals surface area contributed by atoms with Crippen LogP contribution in [0.5, 0.6) is 5.75 Å². The molecule has 0 saturated carbocycles. The van der Waals surface area contributed by atoms with Crippen molar-refractivity contribution in [2.75, 3.05) is 29.9 Å². The minimum absolute atomic E-state index is 0.0259. The zero-order chi connectivity index (χ0) is 20.8. The number of hydrogen-bond acceptors (Lipinski definition) is 4. The summed E-state index contributed by atoms with van der Waals surface area (Å²) in [6, 6.07) is 11.6. The Hall–Kier alpha value is -3.06. The van der Waals surface area contributed by atoms with Gasteiger partial charge in [0.2, 0.25) is 5.91 Å². The Morgan fingerprint density at radius 3 is 2.76 bits per heavy atom. The molecule has 3 rings (SSSR count). The van der Waals surface area contributed by atoms with E-state index in [2.05, 4.69) is 10.6 Å². The molecule has 0 radical (unpaired) electrons. The molecular formula is C21H22ClN3O4. The van der Waals surface area contributed by atoms with Gasteiger partial charge in [-0.3, -0.25) is 14.4 Å². The minimum Gasteiger partial charge on any atom is -0.484 e. The Bertz CT molecular complexity index is 932. The number of carbonyl (C=O) groups is 3. The van der Waals surface area contributed by atoms with Gasteiger partial charge in [0.25, 0.3) is 11.8 Å². The first kappa shape index (κ1) is 20.7. The van der Waals surface area contributed by atoms with Gasteiger partial charge >= 0.3 is 0 Å². The van der Waals surface area contributed by atoms with Gasteiger partial charge in [-0.1, -0.05) is 17.7 Å². The second-order valence-electron chi connectivity index (χ2n) is 6.53. The van der Waals surface area contributed by atoms with E-state index in [1.165, 1.54) is 0 Å². The predicted molar refractivity (Wildman–Crippen MR) is 112 cm³/mol. The number of carbonyl (C=O) groups excluding carboxylic acids is 3. The minimum atomic E-state index is -0.364. The summed E-state index contributed by atoms with van der Waals surface area (Å²) in [5, 5.41) is 5.91. The maximum atomic E-state index is 12.9. The highest BCUT2D eigenvalue weighted by Crippen LogP contribution is 2.29. The first-order valence-corrected chi connectivity index (χ1v) is 9.76. The highest BCUT2D eigenvalue weighted by atomic mass is 35.5. The van der Waals surface area contributed by atoms with E-state index in [1.807, 2.05) is 6.92 Å². The Labute approximate surface area is 174 Å². The molecule has 7 nitrogen and oxygen atoms in total. The summed E-state index contributed by atoms with van der Waals surface area (Å²) < 4.78 is 5.45. The normalized spacial score (nSPS) is 13.3. The van der Waals surface area contributed by atoms with Crippen molar-refractivity contribution in [3.05, 3.63) is 53.1 Å². The van der Waals surface area contributed by atoms with E-state index in [1.54, 1.807) is 47.4 Å². The molecule has 3 amide bonds. The fourth-order valence-corrected chi connectivity index (χ4v) is 3.25. The molecule has 0 unspecified atom stereocenters. The first-order valence-electron chi connectivity index (χ1n) is 9.38. The number of ether oxygens (including phenoxy) is 1. The van der Waals surface area contributed by atoms with Gasteiger partial charge < -0.3 is 20.3 Å². The number of nitrogens with zero attached hydrogens (tertiary/aromatic N) is 1. The second kappa shape index (κ2) is 9.43. The lowest BCUT2D eigenvalue weighted by Gasteiger charge is -2.20. The number of halogens is 1. The molecule has 1 aliphatic heterocycles. The van der Waals surface area contributed by atoms with Crippen LogP contribution < -0.4 is 20.3 Å². The molecule has 8 heteroatoms. The standard InChI is InChI=1S/C21H22ClN3O4/c1-2-23-19(26)13-29-16-6-3-5-15(12-16)24-21(28)17-9-8-14(22)11-18(17)25-10-4-7-20(25)27/h3,5-6,8-9,11-12H,2,4,7,10,13H2,1H3,(H,23,26)(H,24,28). The van der Waals surface area contributed by atoms with E-state index < -0.39 is 0 Å². The molecule has 29 heavy (non-hydrogen) atoms. The monoisotopic (exact) mass is 415 g/mol. The van der Waals surface area contributed by atoms with Gasteiger partial charge in [-0.2, -0.15) is 0 Å². The number of benzene rings is 2. The van der Waals surface area contributed by atoms with Crippen LogP contribution in [0.3, 0.4) is 0 Å². The van der Waals surface area contributed by atoms with Crippen molar-refractivity contribution in [1.82, 2.24) is 5.32 Å². The van der Waals surface area contributed by atoms with Crippen LogP contribution >= 0.6 is 11.6 Å². The van der Waals surface area contributed by atoms with Crippen LogP contribution in [0.25, 0.3) is 0 Å².